The van der Waals surface area contributed by atoms with Crippen molar-refractivity contribution in [2.45, 2.75) is 23.7 Å². The summed E-state index contributed by atoms with van der Waals surface area (Å²) in [4.78, 5) is 0. The van der Waals surface area contributed by atoms with Gasteiger partial charge in [-0.1, -0.05) is 65.8 Å². The SMILES string of the molecule is Clc1ccc(C2=Nn3c(nnc3C3CC(c4ccccc4)NN3)SC2)cc1. The Labute approximate surface area is 166 Å². The summed E-state index contributed by atoms with van der Waals surface area (Å²) in [5, 5.41) is 15.1. The molecule has 1 aromatic heterocycles. The maximum Gasteiger partial charge on any atom is 0.212 e. The Balaban J connectivity index is 1.42. The van der Waals surface area contributed by atoms with Gasteiger partial charge in [-0.3, -0.25) is 0 Å². The monoisotopic (exact) mass is 396 g/mol. The minimum Gasteiger partial charge on any atom is -0.250 e. The molecule has 0 aliphatic carbocycles. The van der Waals surface area contributed by atoms with E-state index in [1.807, 2.05) is 35.0 Å². The molecule has 2 unspecified atom stereocenters. The van der Waals surface area contributed by atoms with Crippen LogP contribution in [0.2, 0.25) is 5.02 Å². The Bertz CT molecular complexity index is 985. The van der Waals surface area contributed by atoms with Crippen LogP contribution in [0.3, 0.4) is 0 Å². The van der Waals surface area contributed by atoms with Gasteiger partial charge in [0.15, 0.2) is 5.82 Å². The molecule has 6 nitrogen and oxygen atoms in total. The van der Waals surface area contributed by atoms with Crippen molar-refractivity contribution in [2.75, 3.05) is 5.75 Å². The summed E-state index contributed by atoms with van der Waals surface area (Å²) in [5.41, 5.74) is 10.0. The fraction of sp³-hybridized carbons (Fsp3) is 0.211. The molecule has 2 atom stereocenters. The highest BCUT2D eigenvalue weighted by Gasteiger charge is 2.32. The van der Waals surface area contributed by atoms with E-state index >= 15 is 0 Å². The fourth-order valence-electron chi connectivity index (χ4n) is 3.37. The Hall–Kier alpha value is -2.19. The molecule has 5 rings (SSSR count). The van der Waals surface area contributed by atoms with E-state index in [0.29, 0.717) is 0 Å². The topological polar surface area (TPSA) is 67.1 Å². The van der Waals surface area contributed by atoms with Crippen molar-refractivity contribution >= 4 is 29.1 Å². The first-order valence-electron chi connectivity index (χ1n) is 8.76. The molecule has 0 amide bonds. The van der Waals surface area contributed by atoms with Crippen LogP contribution in [0.5, 0.6) is 0 Å². The molecule has 2 aliphatic heterocycles. The largest absolute Gasteiger partial charge is 0.250 e. The Morgan fingerprint density at radius 1 is 0.963 bits per heavy atom. The van der Waals surface area contributed by atoms with Crippen molar-refractivity contribution < 1.29 is 0 Å². The molecule has 2 N–H and O–H groups in total. The number of halogens is 1. The second kappa shape index (κ2) is 7.09. The lowest BCUT2D eigenvalue weighted by molar-refractivity contribution is 0.521. The fourth-order valence-corrected chi connectivity index (χ4v) is 4.34. The van der Waals surface area contributed by atoms with Gasteiger partial charge >= 0.3 is 0 Å². The summed E-state index contributed by atoms with van der Waals surface area (Å²) >= 11 is 7.65. The second-order valence-electron chi connectivity index (χ2n) is 6.54. The lowest BCUT2D eigenvalue weighted by atomic mass is 10.0. The van der Waals surface area contributed by atoms with E-state index in [0.717, 1.165) is 39.5 Å². The van der Waals surface area contributed by atoms with E-state index in [9.17, 15) is 0 Å². The number of hydrogen-bond acceptors (Lipinski definition) is 6. The predicted molar refractivity (Wildman–Crippen MR) is 107 cm³/mol. The molecule has 2 aromatic carbocycles. The van der Waals surface area contributed by atoms with Crippen molar-refractivity contribution in [3.63, 3.8) is 0 Å². The van der Waals surface area contributed by atoms with Gasteiger partial charge in [-0.15, -0.1) is 10.2 Å². The molecule has 1 saturated heterocycles. The number of nitrogens with one attached hydrogen (secondary N) is 2. The van der Waals surface area contributed by atoms with Crippen molar-refractivity contribution in [1.29, 1.82) is 0 Å². The van der Waals surface area contributed by atoms with Gasteiger partial charge in [-0.05, 0) is 29.7 Å². The molecular formula is C19H17ClN6S. The molecular weight excluding hydrogens is 380 g/mol. The quantitative estimate of drug-likeness (QED) is 0.708. The van der Waals surface area contributed by atoms with Gasteiger partial charge in [0, 0.05) is 16.8 Å². The highest BCUT2D eigenvalue weighted by molar-refractivity contribution is 7.99. The minimum atomic E-state index is 0.0466. The zero-order chi connectivity index (χ0) is 18.2. The van der Waals surface area contributed by atoms with Gasteiger partial charge in [-0.25, -0.2) is 10.9 Å². The summed E-state index contributed by atoms with van der Waals surface area (Å²) in [6, 6.07) is 18.5. The average Bonchev–Trinajstić information content (AvgIpc) is 3.36. The van der Waals surface area contributed by atoms with E-state index in [1.54, 1.807) is 11.8 Å². The van der Waals surface area contributed by atoms with Crippen molar-refractivity contribution in [1.82, 2.24) is 25.7 Å². The van der Waals surface area contributed by atoms with Crippen LogP contribution in [0, 0.1) is 0 Å². The molecule has 2 aliphatic rings. The third-order valence-electron chi connectivity index (χ3n) is 4.79. The lowest BCUT2D eigenvalue weighted by Gasteiger charge is -2.15. The van der Waals surface area contributed by atoms with Crippen LogP contribution in [0.25, 0.3) is 0 Å². The van der Waals surface area contributed by atoms with E-state index < -0.39 is 0 Å². The molecule has 3 aromatic rings. The number of nitrogens with zero attached hydrogens (tertiary/aromatic N) is 4. The third-order valence-corrected chi connectivity index (χ3v) is 5.97. The summed E-state index contributed by atoms with van der Waals surface area (Å²) in [6.07, 6.45) is 0.888. The van der Waals surface area contributed by atoms with Gasteiger partial charge in [0.1, 0.15) is 0 Å². The number of thioether (sulfide) groups is 1. The molecule has 0 bridgehead atoms. The van der Waals surface area contributed by atoms with Crippen LogP contribution in [-0.4, -0.2) is 26.3 Å². The predicted octanol–water partition coefficient (Wildman–Crippen LogP) is 3.57. The number of rotatable bonds is 3. The highest BCUT2D eigenvalue weighted by atomic mass is 35.5. The molecule has 8 heteroatoms. The summed E-state index contributed by atoms with van der Waals surface area (Å²) in [7, 11) is 0. The highest BCUT2D eigenvalue weighted by Crippen LogP contribution is 2.33. The maximum atomic E-state index is 6.00. The van der Waals surface area contributed by atoms with E-state index in [-0.39, 0.29) is 12.1 Å². The third kappa shape index (κ3) is 3.27. The molecule has 0 spiro atoms. The number of fused-ring (bicyclic) bond motifs is 1. The van der Waals surface area contributed by atoms with Crippen LogP contribution < -0.4 is 10.9 Å². The summed E-state index contributed by atoms with van der Waals surface area (Å²) in [6.45, 7) is 0. The Kier molecular flexibility index (Phi) is 4.45. The first kappa shape index (κ1) is 16.9. The van der Waals surface area contributed by atoms with Gasteiger partial charge in [0.25, 0.3) is 0 Å². The minimum absolute atomic E-state index is 0.0466. The van der Waals surface area contributed by atoms with Crippen molar-refractivity contribution in [3.05, 3.63) is 76.6 Å². The number of hydrazine groups is 1. The number of hydrogen-bond donors (Lipinski definition) is 2. The lowest BCUT2D eigenvalue weighted by Crippen LogP contribution is -2.28. The first-order valence-corrected chi connectivity index (χ1v) is 10.1. The van der Waals surface area contributed by atoms with Gasteiger partial charge < -0.3 is 0 Å². The summed E-state index contributed by atoms with van der Waals surface area (Å²) in [5.74, 6) is 1.59. The normalized spacial score (nSPS) is 21.7. The molecule has 27 heavy (non-hydrogen) atoms. The molecule has 0 saturated carbocycles. The van der Waals surface area contributed by atoms with Crippen LogP contribution in [0.4, 0.5) is 0 Å². The Morgan fingerprint density at radius 2 is 1.74 bits per heavy atom. The first-order chi connectivity index (χ1) is 13.3. The van der Waals surface area contributed by atoms with Gasteiger partial charge in [0.05, 0.1) is 11.8 Å². The van der Waals surface area contributed by atoms with Crippen LogP contribution >= 0.6 is 23.4 Å². The average molecular weight is 397 g/mol. The smallest absolute Gasteiger partial charge is 0.212 e. The molecule has 0 radical (unpaired) electrons. The zero-order valence-electron chi connectivity index (χ0n) is 14.3. The molecule has 1 fully saturated rings. The summed E-state index contributed by atoms with van der Waals surface area (Å²) < 4.78 is 1.87. The van der Waals surface area contributed by atoms with Crippen molar-refractivity contribution in [2.24, 2.45) is 5.10 Å². The van der Waals surface area contributed by atoms with Crippen LogP contribution in [-0.2, 0) is 0 Å². The van der Waals surface area contributed by atoms with Crippen molar-refractivity contribution in [3.8, 4) is 0 Å². The standard InChI is InChI=1S/C19H17ClN6S/c20-14-8-6-13(7-9-14)17-11-27-19-24-23-18(26(19)25-17)16-10-15(21-22-16)12-4-2-1-3-5-12/h1-9,15-16,21-22H,10-11H2. The van der Waals surface area contributed by atoms with E-state index in [1.165, 1.54) is 5.56 Å². The number of aromatic nitrogens is 3. The Morgan fingerprint density at radius 3 is 2.56 bits per heavy atom. The van der Waals surface area contributed by atoms with E-state index in [2.05, 4.69) is 45.3 Å². The van der Waals surface area contributed by atoms with Crippen LogP contribution in [0.15, 0.2) is 64.9 Å². The van der Waals surface area contributed by atoms with Gasteiger partial charge in [0.2, 0.25) is 5.16 Å². The maximum absolute atomic E-state index is 6.00. The molecule has 136 valence electrons. The number of benzene rings is 2. The van der Waals surface area contributed by atoms with Gasteiger partial charge in [-0.2, -0.15) is 9.78 Å². The zero-order valence-corrected chi connectivity index (χ0v) is 15.9. The van der Waals surface area contributed by atoms with Crippen LogP contribution in [0.1, 0.15) is 35.5 Å². The molecule has 3 heterocycles. The second-order valence-corrected chi connectivity index (χ2v) is 7.91. The van der Waals surface area contributed by atoms with E-state index in [4.69, 9.17) is 16.7 Å².